The quantitative estimate of drug-likeness (QED) is 0.839. The van der Waals surface area contributed by atoms with Crippen molar-refractivity contribution in [3.63, 3.8) is 0 Å². The fourth-order valence-electron chi connectivity index (χ4n) is 0.970. The Balaban J connectivity index is 2.28. The maximum Gasteiger partial charge on any atom is 0.270 e. The standard InChI is InChI=1S/C9H13BrN2OS/c1-7(2-3-10)4-11-9(13)8-5-14-6-12-8/h5-7H,2-4H2,1H3,(H,11,13). The molecule has 0 aromatic carbocycles. The third kappa shape index (κ3) is 3.75. The SMILES string of the molecule is CC(CCBr)CNC(=O)c1cscn1. The summed E-state index contributed by atoms with van der Waals surface area (Å²) < 4.78 is 0. The van der Waals surface area contributed by atoms with Gasteiger partial charge in [-0.1, -0.05) is 22.9 Å². The Morgan fingerprint density at radius 2 is 2.57 bits per heavy atom. The molecule has 0 saturated carbocycles. The molecule has 1 aromatic heterocycles. The normalized spacial score (nSPS) is 12.4. The van der Waals surface area contributed by atoms with Gasteiger partial charge in [0, 0.05) is 17.3 Å². The minimum atomic E-state index is -0.0762. The van der Waals surface area contributed by atoms with Gasteiger partial charge in [-0.3, -0.25) is 4.79 Å². The highest BCUT2D eigenvalue weighted by molar-refractivity contribution is 9.09. The van der Waals surface area contributed by atoms with Crippen molar-refractivity contribution in [2.45, 2.75) is 13.3 Å². The molecule has 1 atom stereocenters. The van der Waals surface area contributed by atoms with Gasteiger partial charge in [0.1, 0.15) is 5.69 Å². The van der Waals surface area contributed by atoms with Gasteiger partial charge in [0.05, 0.1) is 5.51 Å². The molecule has 1 amide bonds. The van der Waals surface area contributed by atoms with Crippen LogP contribution in [0.4, 0.5) is 0 Å². The predicted molar refractivity (Wildman–Crippen MR) is 62.0 cm³/mol. The number of halogens is 1. The monoisotopic (exact) mass is 276 g/mol. The first-order chi connectivity index (χ1) is 6.74. The number of nitrogens with one attached hydrogen (secondary N) is 1. The first-order valence-corrected chi connectivity index (χ1v) is 6.52. The number of carbonyl (C=O) groups excluding carboxylic acids is 1. The van der Waals surface area contributed by atoms with Crippen LogP contribution in [0.25, 0.3) is 0 Å². The van der Waals surface area contributed by atoms with E-state index in [4.69, 9.17) is 0 Å². The number of hydrogen-bond acceptors (Lipinski definition) is 3. The second-order valence-corrected chi connectivity index (χ2v) is 4.68. The zero-order valence-electron chi connectivity index (χ0n) is 8.00. The van der Waals surface area contributed by atoms with Crippen LogP contribution in [0, 0.1) is 5.92 Å². The Hall–Kier alpha value is -0.420. The van der Waals surface area contributed by atoms with E-state index in [0.717, 1.165) is 11.8 Å². The molecule has 3 nitrogen and oxygen atoms in total. The second-order valence-electron chi connectivity index (χ2n) is 3.17. The van der Waals surface area contributed by atoms with E-state index in [-0.39, 0.29) is 5.91 Å². The Bertz CT molecular complexity index is 276. The van der Waals surface area contributed by atoms with Gasteiger partial charge in [-0.05, 0) is 12.3 Å². The molecule has 0 spiro atoms. The summed E-state index contributed by atoms with van der Waals surface area (Å²) in [7, 11) is 0. The molecular formula is C9H13BrN2OS. The van der Waals surface area contributed by atoms with Crippen LogP contribution >= 0.6 is 27.3 Å². The number of nitrogens with zero attached hydrogens (tertiary/aromatic N) is 1. The molecule has 1 heterocycles. The van der Waals surface area contributed by atoms with Crippen LogP contribution in [0.3, 0.4) is 0 Å². The summed E-state index contributed by atoms with van der Waals surface area (Å²) in [4.78, 5) is 15.4. The Morgan fingerprint density at radius 1 is 1.79 bits per heavy atom. The minimum Gasteiger partial charge on any atom is -0.350 e. The lowest BCUT2D eigenvalue weighted by molar-refractivity contribution is 0.0943. The third-order valence-electron chi connectivity index (χ3n) is 1.88. The summed E-state index contributed by atoms with van der Waals surface area (Å²) in [6.45, 7) is 2.82. The van der Waals surface area contributed by atoms with Crippen molar-refractivity contribution in [3.8, 4) is 0 Å². The van der Waals surface area contributed by atoms with Crippen molar-refractivity contribution in [1.29, 1.82) is 0 Å². The minimum absolute atomic E-state index is 0.0762. The van der Waals surface area contributed by atoms with Gasteiger partial charge >= 0.3 is 0 Å². The Kier molecular flexibility index (Phi) is 5.11. The van der Waals surface area contributed by atoms with Crippen LogP contribution in [-0.2, 0) is 0 Å². The fraction of sp³-hybridized carbons (Fsp3) is 0.556. The molecule has 5 heteroatoms. The van der Waals surface area contributed by atoms with E-state index in [2.05, 4.69) is 33.2 Å². The third-order valence-corrected chi connectivity index (χ3v) is 2.92. The van der Waals surface area contributed by atoms with Crippen molar-refractivity contribution in [3.05, 3.63) is 16.6 Å². The van der Waals surface area contributed by atoms with Crippen LogP contribution in [0.15, 0.2) is 10.9 Å². The largest absolute Gasteiger partial charge is 0.350 e. The summed E-state index contributed by atoms with van der Waals surface area (Å²) in [5.74, 6) is 0.421. The molecule has 0 fully saturated rings. The lowest BCUT2D eigenvalue weighted by Crippen LogP contribution is -2.28. The summed E-state index contributed by atoms with van der Waals surface area (Å²) in [6.07, 6.45) is 1.07. The zero-order chi connectivity index (χ0) is 10.4. The average molecular weight is 277 g/mol. The van der Waals surface area contributed by atoms with E-state index in [9.17, 15) is 4.79 Å². The fourth-order valence-corrected chi connectivity index (χ4v) is 2.28. The van der Waals surface area contributed by atoms with E-state index in [0.29, 0.717) is 18.2 Å². The molecule has 1 rings (SSSR count). The van der Waals surface area contributed by atoms with E-state index in [1.54, 1.807) is 10.9 Å². The number of alkyl halides is 1. The van der Waals surface area contributed by atoms with Gasteiger partial charge in [0.2, 0.25) is 0 Å². The molecule has 0 aliphatic rings. The van der Waals surface area contributed by atoms with Crippen LogP contribution < -0.4 is 5.32 Å². The smallest absolute Gasteiger partial charge is 0.270 e. The van der Waals surface area contributed by atoms with E-state index >= 15 is 0 Å². The van der Waals surface area contributed by atoms with Crippen molar-refractivity contribution in [2.24, 2.45) is 5.92 Å². The van der Waals surface area contributed by atoms with Gasteiger partial charge in [-0.2, -0.15) is 0 Å². The molecule has 0 aliphatic carbocycles. The molecule has 0 saturated heterocycles. The molecule has 1 unspecified atom stereocenters. The number of amides is 1. The lowest BCUT2D eigenvalue weighted by atomic mass is 10.1. The van der Waals surface area contributed by atoms with Crippen molar-refractivity contribution in [2.75, 3.05) is 11.9 Å². The highest BCUT2D eigenvalue weighted by Crippen LogP contribution is 2.04. The maximum absolute atomic E-state index is 11.4. The Labute approximate surface area is 96.1 Å². The summed E-state index contributed by atoms with van der Waals surface area (Å²) in [5.41, 5.74) is 2.18. The topological polar surface area (TPSA) is 42.0 Å². The highest BCUT2D eigenvalue weighted by atomic mass is 79.9. The first-order valence-electron chi connectivity index (χ1n) is 4.46. The molecule has 0 aliphatic heterocycles. The molecular weight excluding hydrogens is 264 g/mol. The van der Waals surface area contributed by atoms with Gasteiger partial charge in [-0.25, -0.2) is 4.98 Å². The van der Waals surface area contributed by atoms with Gasteiger partial charge in [-0.15, -0.1) is 11.3 Å². The summed E-state index contributed by atoms with van der Waals surface area (Å²) in [5, 5.41) is 5.58. The Morgan fingerprint density at radius 3 is 3.14 bits per heavy atom. The number of thiazole rings is 1. The van der Waals surface area contributed by atoms with Crippen LogP contribution in [0.1, 0.15) is 23.8 Å². The van der Waals surface area contributed by atoms with Crippen LogP contribution in [0.2, 0.25) is 0 Å². The summed E-state index contributed by atoms with van der Waals surface area (Å²) >= 11 is 4.81. The van der Waals surface area contributed by atoms with Crippen molar-refractivity contribution < 1.29 is 4.79 Å². The van der Waals surface area contributed by atoms with Gasteiger partial charge < -0.3 is 5.32 Å². The zero-order valence-corrected chi connectivity index (χ0v) is 10.4. The number of rotatable bonds is 5. The van der Waals surface area contributed by atoms with E-state index in [1.807, 2.05) is 0 Å². The first kappa shape index (κ1) is 11.7. The molecule has 78 valence electrons. The molecule has 1 aromatic rings. The molecule has 0 radical (unpaired) electrons. The lowest BCUT2D eigenvalue weighted by Gasteiger charge is -2.09. The number of carbonyl (C=O) groups is 1. The summed E-state index contributed by atoms with van der Waals surface area (Å²) in [6, 6.07) is 0. The predicted octanol–water partition coefficient (Wildman–Crippen LogP) is 2.29. The average Bonchev–Trinajstić information content (AvgIpc) is 2.67. The molecule has 0 bridgehead atoms. The number of hydrogen-bond donors (Lipinski definition) is 1. The number of aromatic nitrogens is 1. The van der Waals surface area contributed by atoms with Gasteiger partial charge in [0.25, 0.3) is 5.91 Å². The van der Waals surface area contributed by atoms with E-state index in [1.165, 1.54) is 11.3 Å². The highest BCUT2D eigenvalue weighted by Gasteiger charge is 2.08. The van der Waals surface area contributed by atoms with Crippen LogP contribution in [0.5, 0.6) is 0 Å². The molecule has 1 N–H and O–H groups in total. The van der Waals surface area contributed by atoms with Crippen LogP contribution in [-0.4, -0.2) is 22.8 Å². The van der Waals surface area contributed by atoms with E-state index < -0.39 is 0 Å². The van der Waals surface area contributed by atoms with Crippen molar-refractivity contribution >= 4 is 33.2 Å². The van der Waals surface area contributed by atoms with Crippen molar-refractivity contribution in [1.82, 2.24) is 10.3 Å². The maximum atomic E-state index is 11.4. The van der Waals surface area contributed by atoms with Gasteiger partial charge in [0.15, 0.2) is 0 Å². The molecule has 14 heavy (non-hydrogen) atoms. The second kappa shape index (κ2) is 6.14.